The van der Waals surface area contributed by atoms with Crippen molar-refractivity contribution in [2.45, 2.75) is 13.0 Å². The maximum absolute atomic E-state index is 10.5. The molecule has 0 aliphatic heterocycles. The number of rotatable bonds is 6. The first-order valence-electron chi connectivity index (χ1n) is 4.47. The highest BCUT2D eigenvalue weighted by Gasteiger charge is 2.07. The highest BCUT2D eigenvalue weighted by atomic mass is 16.4. The summed E-state index contributed by atoms with van der Waals surface area (Å²) in [4.78, 5) is 10.5. The Morgan fingerprint density at radius 3 is 2.93 bits per heavy atom. The van der Waals surface area contributed by atoms with Gasteiger partial charge in [0.1, 0.15) is 5.76 Å². The molecule has 1 aromatic heterocycles. The number of carboxylic acids is 1. The van der Waals surface area contributed by atoms with Gasteiger partial charge in [-0.15, -0.1) is 0 Å². The summed E-state index contributed by atoms with van der Waals surface area (Å²) in [7, 11) is 0. The van der Waals surface area contributed by atoms with Crippen molar-refractivity contribution < 1.29 is 14.3 Å². The molecule has 14 heavy (non-hydrogen) atoms. The van der Waals surface area contributed by atoms with Gasteiger partial charge in [-0.3, -0.25) is 0 Å². The number of carbonyl (C=O) groups is 1. The first kappa shape index (κ1) is 10.7. The summed E-state index contributed by atoms with van der Waals surface area (Å²) in [6, 6.07) is 3.10. The summed E-state index contributed by atoms with van der Waals surface area (Å²) in [6.45, 7) is 1.98. The van der Waals surface area contributed by atoms with E-state index < -0.39 is 5.97 Å². The Kier molecular flexibility index (Phi) is 4.15. The lowest BCUT2D eigenvalue weighted by molar-refractivity contribution is 0.0660. The Balaban J connectivity index is 2.33. The van der Waals surface area contributed by atoms with Crippen molar-refractivity contribution in [3.05, 3.63) is 23.7 Å². The van der Waals surface area contributed by atoms with Gasteiger partial charge in [-0.2, -0.15) is 0 Å². The average Bonchev–Trinajstić information content (AvgIpc) is 2.61. The molecule has 0 spiro atoms. The third kappa shape index (κ3) is 3.20. The first-order chi connectivity index (χ1) is 6.74. The summed E-state index contributed by atoms with van der Waals surface area (Å²) >= 11 is 0. The summed E-state index contributed by atoms with van der Waals surface area (Å²) in [6.07, 6.45) is 0.895. The summed E-state index contributed by atoms with van der Waals surface area (Å²) in [5, 5.41) is 11.7. The van der Waals surface area contributed by atoms with E-state index >= 15 is 0 Å². The van der Waals surface area contributed by atoms with Crippen LogP contribution in [0.25, 0.3) is 0 Å². The lowest BCUT2D eigenvalue weighted by Gasteiger charge is -1.99. The molecule has 0 aliphatic rings. The van der Waals surface area contributed by atoms with Crippen molar-refractivity contribution in [3.8, 4) is 0 Å². The van der Waals surface area contributed by atoms with Crippen molar-refractivity contribution in [2.24, 2.45) is 5.73 Å². The van der Waals surface area contributed by atoms with E-state index in [2.05, 4.69) is 5.32 Å². The highest BCUT2D eigenvalue weighted by molar-refractivity contribution is 5.84. The molecule has 1 rings (SSSR count). The fraction of sp³-hybridized carbons (Fsp3) is 0.444. The van der Waals surface area contributed by atoms with Crippen LogP contribution < -0.4 is 11.1 Å². The van der Waals surface area contributed by atoms with Crippen LogP contribution in [0.5, 0.6) is 0 Å². The third-order valence-corrected chi connectivity index (χ3v) is 1.73. The molecule has 5 heteroatoms. The Bertz CT molecular complexity index is 296. The van der Waals surface area contributed by atoms with E-state index in [4.69, 9.17) is 15.3 Å². The van der Waals surface area contributed by atoms with Gasteiger partial charge >= 0.3 is 5.97 Å². The molecular weight excluding hydrogens is 184 g/mol. The molecule has 0 amide bonds. The molecule has 78 valence electrons. The molecule has 1 heterocycles. The van der Waals surface area contributed by atoms with Crippen LogP contribution in [-0.4, -0.2) is 24.2 Å². The minimum atomic E-state index is -1.04. The van der Waals surface area contributed by atoms with E-state index in [1.807, 2.05) is 0 Å². The summed E-state index contributed by atoms with van der Waals surface area (Å²) in [5.74, 6) is -0.446. The minimum Gasteiger partial charge on any atom is -0.475 e. The average molecular weight is 198 g/mol. The zero-order valence-electron chi connectivity index (χ0n) is 7.82. The third-order valence-electron chi connectivity index (χ3n) is 1.73. The van der Waals surface area contributed by atoms with Gasteiger partial charge in [-0.25, -0.2) is 4.79 Å². The normalized spacial score (nSPS) is 10.4. The van der Waals surface area contributed by atoms with Crippen LogP contribution in [0, 0.1) is 0 Å². The molecule has 0 aliphatic carbocycles. The fourth-order valence-corrected chi connectivity index (χ4v) is 1.03. The van der Waals surface area contributed by atoms with Gasteiger partial charge in [-0.05, 0) is 31.6 Å². The minimum absolute atomic E-state index is 0.0272. The molecule has 0 saturated carbocycles. The van der Waals surface area contributed by atoms with Gasteiger partial charge in [0.15, 0.2) is 0 Å². The summed E-state index contributed by atoms with van der Waals surface area (Å²) < 4.78 is 5.03. The van der Waals surface area contributed by atoms with Crippen molar-refractivity contribution in [1.82, 2.24) is 5.32 Å². The molecule has 1 aromatic rings. The zero-order chi connectivity index (χ0) is 10.4. The smallest absolute Gasteiger partial charge is 0.371 e. The SMILES string of the molecule is NCCCNCc1ccc(C(=O)O)o1. The first-order valence-corrected chi connectivity index (χ1v) is 4.47. The second-order valence-corrected chi connectivity index (χ2v) is 2.89. The second kappa shape index (κ2) is 5.41. The molecule has 0 aromatic carbocycles. The standard InChI is InChI=1S/C9H14N2O3/c10-4-1-5-11-6-7-2-3-8(14-7)9(12)13/h2-3,11H,1,4-6,10H2,(H,12,13). The molecule has 5 nitrogen and oxygen atoms in total. The maximum atomic E-state index is 10.5. The molecule has 0 bridgehead atoms. The highest BCUT2D eigenvalue weighted by Crippen LogP contribution is 2.06. The number of nitrogens with one attached hydrogen (secondary N) is 1. The number of furan rings is 1. The van der Waals surface area contributed by atoms with Gasteiger partial charge in [0.05, 0.1) is 6.54 Å². The van der Waals surface area contributed by atoms with E-state index in [0.717, 1.165) is 13.0 Å². The lowest BCUT2D eigenvalue weighted by atomic mass is 10.4. The van der Waals surface area contributed by atoms with Gasteiger partial charge in [0, 0.05) is 0 Å². The Labute approximate surface area is 81.9 Å². The Morgan fingerprint density at radius 1 is 1.57 bits per heavy atom. The molecule has 0 unspecified atom stereocenters. The molecule has 0 radical (unpaired) electrons. The number of nitrogens with two attached hydrogens (primary N) is 1. The van der Waals surface area contributed by atoms with E-state index in [9.17, 15) is 4.79 Å². The van der Waals surface area contributed by atoms with Crippen LogP contribution in [-0.2, 0) is 6.54 Å². The predicted octanol–water partition coefficient (Wildman–Crippen LogP) is 0.416. The lowest BCUT2D eigenvalue weighted by Crippen LogP contribution is -2.17. The topological polar surface area (TPSA) is 88.5 Å². The van der Waals surface area contributed by atoms with E-state index in [1.54, 1.807) is 6.07 Å². The number of hydrogen-bond donors (Lipinski definition) is 3. The van der Waals surface area contributed by atoms with Crippen LogP contribution in [0.15, 0.2) is 16.5 Å². The van der Waals surface area contributed by atoms with Crippen molar-refractivity contribution in [1.29, 1.82) is 0 Å². The molecule has 4 N–H and O–H groups in total. The summed E-state index contributed by atoms with van der Waals surface area (Å²) in [5.41, 5.74) is 5.31. The van der Waals surface area contributed by atoms with Crippen LogP contribution in [0.1, 0.15) is 22.7 Å². The fourth-order valence-electron chi connectivity index (χ4n) is 1.03. The van der Waals surface area contributed by atoms with Gasteiger partial charge in [0.25, 0.3) is 0 Å². The molecule has 0 atom stereocenters. The number of carboxylic acid groups (broad SMARTS) is 1. The van der Waals surface area contributed by atoms with Crippen LogP contribution >= 0.6 is 0 Å². The quantitative estimate of drug-likeness (QED) is 0.576. The van der Waals surface area contributed by atoms with Crippen molar-refractivity contribution in [3.63, 3.8) is 0 Å². The van der Waals surface area contributed by atoms with E-state index in [-0.39, 0.29) is 5.76 Å². The van der Waals surface area contributed by atoms with Crippen molar-refractivity contribution in [2.75, 3.05) is 13.1 Å². The predicted molar refractivity (Wildman–Crippen MR) is 51.0 cm³/mol. The zero-order valence-corrected chi connectivity index (χ0v) is 7.82. The monoisotopic (exact) mass is 198 g/mol. The number of hydrogen-bond acceptors (Lipinski definition) is 4. The second-order valence-electron chi connectivity index (χ2n) is 2.89. The molecule has 0 saturated heterocycles. The molecular formula is C9H14N2O3. The molecule has 0 fully saturated rings. The Morgan fingerprint density at radius 2 is 2.36 bits per heavy atom. The number of aromatic carboxylic acids is 1. The van der Waals surface area contributed by atoms with Gasteiger partial charge in [-0.1, -0.05) is 0 Å². The van der Waals surface area contributed by atoms with Gasteiger partial charge < -0.3 is 20.6 Å². The maximum Gasteiger partial charge on any atom is 0.371 e. The largest absolute Gasteiger partial charge is 0.475 e. The van der Waals surface area contributed by atoms with E-state index in [0.29, 0.717) is 18.8 Å². The van der Waals surface area contributed by atoms with Gasteiger partial charge in [0.2, 0.25) is 5.76 Å². The van der Waals surface area contributed by atoms with Crippen LogP contribution in [0.2, 0.25) is 0 Å². The Hall–Kier alpha value is -1.33. The van der Waals surface area contributed by atoms with E-state index in [1.165, 1.54) is 6.07 Å². The van der Waals surface area contributed by atoms with Crippen molar-refractivity contribution >= 4 is 5.97 Å². The van der Waals surface area contributed by atoms with Crippen LogP contribution in [0.4, 0.5) is 0 Å². The van der Waals surface area contributed by atoms with Crippen LogP contribution in [0.3, 0.4) is 0 Å².